The van der Waals surface area contributed by atoms with Crippen molar-refractivity contribution in [2.24, 2.45) is 0 Å². The van der Waals surface area contributed by atoms with Gasteiger partial charge in [0, 0.05) is 11.4 Å². The molecule has 3 nitrogen and oxygen atoms in total. The van der Waals surface area contributed by atoms with Crippen LogP contribution in [0, 0.1) is 0 Å². The number of hydrogen-bond acceptors (Lipinski definition) is 3. The van der Waals surface area contributed by atoms with Crippen LogP contribution in [0.4, 0.5) is 0 Å². The summed E-state index contributed by atoms with van der Waals surface area (Å²) in [4.78, 5) is 15.8. The molecule has 1 aliphatic heterocycles. The largest absolute Gasteiger partial charge is 0.457 e. The highest BCUT2D eigenvalue weighted by atomic mass is 79.9. The lowest BCUT2D eigenvalue weighted by molar-refractivity contribution is 0.0677. The Morgan fingerprint density at radius 2 is 2.39 bits per heavy atom. The number of nitrogens with zero attached hydrogens (tertiary/aromatic N) is 1. The molecule has 1 atom stereocenters. The highest BCUT2D eigenvalue weighted by Crippen LogP contribution is 2.34. The van der Waals surface area contributed by atoms with E-state index in [1.54, 1.807) is 17.4 Å². The average Bonchev–Trinajstić information content (AvgIpc) is 2.97. The van der Waals surface area contributed by atoms with Crippen molar-refractivity contribution >= 4 is 33.2 Å². The zero-order valence-electron chi connectivity index (χ0n) is 9.85. The van der Waals surface area contributed by atoms with Crippen molar-refractivity contribution in [2.45, 2.75) is 19.4 Å². The summed E-state index contributed by atoms with van der Waals surface area (Å²) in [6.07, 6.45) is 2.47. The summed E-state index contributed by atoms with van der Waals surface area (Å²) in [6, 6.07) is 3.96. The van der Waals surface area contributed by atoms with Crippen LogP contribution in [0.5, 0.6) is 0 Å². The van der Waals surface area contributed by atoms with E-state index in [1.807, 2.05) is 4.90 Å². The summed E-state index contributed by atoms with van der Waals surface area (Å²) in [6.45, 7) is 2.85. The molecule has 0 saturated heterocycles. The molecule has 3 heterocycles. The molecule has 0 aromatic carbocycles. The van der Waals surface area contributed by atoms with E-state index in [0.717, 1.165) is 13.0 Å². The Balaban J connectivity index is 1.91. The van der Waals surface area contributed by atoms with Gasteiger partial charge in [-0.2, -0.15) is 0 Å². The number of halogens is 1. The van der Waals surface area contributed by atoms with E-state index in [4.69, 9.17) is 4.42 Å². The monoisotopic (exact) mass is 325 g/mol. The molecule has 2 aromatic rings. The van der Waals surface area contributed by atoms with Gasteiger partial charge in [0.25, 0.3) is 5.91 Å². The second kappa shape index (κ2) is 4.55. The quantitative estimate of drug-likeness (QED) is 0.797. The molecule has 0 N–H and O–H groups in total. The molecule has 0 saturated carbocycles. The number of amides is 1. The summed E-state index contributed by atoms with van der Waals surface area (Å²) >= 11 is 5.04. The van der Waals surface area contributed by atoms with Crippen molar-refractivity contribution in [3.05, 3.63) is 44.4 Å². The molecule has 0 aliphatic carbocycles. The predicted molar refractivity (Wildman–Crippen MR) is 73.9 cm³/mol. The minimum absolute atomic E-state index is 0.0278. The second-order valence-corrected chi connectivity index (χ2v) is 6.05. The molecule has 1 unspecified atom stereocenters. The molecule has 0 fully saturated rings. The topological polar surface area (TPSA) is 33.5 Å². The molecular formula is C13H12BrNO2S. The third-order valence-electron chi connectivity index (χ3n) is 3.39. The zero-order valence-corrected chi connectivity index (χ0v) is 12.3. The molecule has 1 aliphatic rings. The first kappa shape index (κ1) is 12.0. The van der Waals surface area contributed by atoms with Crippen molar-refractivity contribution < 1.29 is 9.21 Å². The molecule has 18 heavy (non-hydrogen) atoms. The Morgan fingerprint density at radius 3 is 3.11 bits per heavy atom. The molecule has 0 bridgehead atoms. The summed E-state index contributed by atoms with van der Waals surface area (Å²) in [5.74, 6) is 0.0278. The van der Waals surface area contributed by atoms with Gasteiger partial charge in [-0.25, -0.2) is 0 Å². The lowest BCUT2D eigenvalue weighted by Gasteiger charge is -2.33. The maximum atomic E-state index is 12.5. The third-order valence-corrected chi connectivity index (χ3v) is 5.00. The minimum atomic E-state index is 0.0278. The number of carbonyl (C=O) groups excluding carboxylic acids is 1. The average molecular weight is 326 g/mol. The summed E-state index contributed by atoms with van der Waals surface area (Å²) in [5.41, 5.74) is 1.87. The Labute approximate surface area is 118 Å². The fourth-order valence-electron chi connectivity index (χ4n) is 2.39. The van der Waals surface area contributed by atoms with E-state index in [2.05, 4.69) is 34.3 Å². The van der Waals surface area contributed by atoms with Gasteiger partial charge >= 0.3 is 0 Å². The molecule has 2 aromatic heterocycles. The molecular weight excluding hydrogens is 314 g/mol. The van der Waals surface area contributed by atoms with Crippen LogP contribution >= 0.6 is 27.3 Å². The smallest absolute Gasteiger partial charge is 0.258 e. The van der Waals surface area contributed by atoms with Crippen molar-refractivity contribution in [3.63, 3.8) is 0 Å². The Kier molecular flexibility index (Phi) is 3.03. The highest BCUT2D eigenvalue weighted by Gasteiger charge is 2.30. The van der Waals surface area contributed by atoms with Crippen molar-refractivity contribution in [1.29, 1.82) is 0 Å². The van der Waals surface area contributed by atoms with Gasteiger partial charge in [-0.3, -0.25) is 4.79 Å². The molecule has 3 rings (SSSR count). The number of rotatable bonds is 1. The van der Waals surface area contributed by atoms with Crippen LogP contribution in [0.25, 0.3) is 0 Å². The van der Waals surface area contributed by atoms with Crippen LogP contribution in [0.1, 0.15) is 33.8 Å². The predicted octanol–water partition coefficient (Wildman–Crippen LogP) is 3.86. The fourth-order valence-corrected chi connectivity index (χ4v) is 3.76. The van der Waals surface area contributed by atoms with Gasteiger partial charge < -0.3 is 9.32 Å². The maximum Gasteiger partial charge on any atom is 0.258 e. The second-order valence-electron chi connectivity index (χ2n) is 4.33. The molecule has 94 valence electrons. The van der Waals surface area contributed by atoms with Gasteiger partial charge in [-0.1, -0.05) is 0 Å². The third kappa shape index (κ3) is 1.82. The van der Waals surface area contributed by atoms with Gasteiger partial charge in [-0.05, 0) is 52.4 Å². The van der Waals surface area contributed by atoms with E-state index >= 15 is 0 Å². The van der Waals surface area contributed by atoms with Crippen molar-refractivity contribution in [3.8, 4) is 0 Å². The van der Waals surface area contributed by atoms with E-state index in [9.17, 15) is 4.79 Å². The lowest BCUT2D eigenvalue weighted by atomic mass is 10.0. The number of fused-ring (bicyclic) bond motifs is 1. The Morgan fingerprint density at radius 1 is 1.56 bits per heavy atom. The number of thiophene rings is 1. The van der Waals surface area contributed by atoms with Gasteiger partial charge in [-0.15, -0.1) is 11.3 Å². The lowest BCUT2D eigenvalue weighted by Crippen LogP contribution is -2.38. The number of hydrogen-bond donors (Lipinski definition) is 0. The van der Waals surface area contributed by atoms with Gasteiger partial charge in [0.2, 0.25) is 0 Å². The van der Waals surface area contributed by atoms with E-state index in [1.165, 1.54) is 16.7 Å². The minimum Gasteiger partial charge on any atom is -0.457 e. The van der Waals surface area contributed by atoms with Crippen LogP contribution in [-0.2, 0) is 6.42 Å². The van der Waals surface area contributed by atoms with Crippen LogP contribution in [0.2, 0.25) is 0 Å². The van der Waals surface area contributed by atoms with Crippen molar-refractivity contribution in [2.75, 3.05) is 6.54 Å². The van der Waals surface area contributed by atoms with E-state index < -0.39 is 0 Å². The number of carbonyl (C=O) groups is 1. The van der Waals surface area contributed by atoms with Gasteiger partial charge in [0.1, 0.15) is 0 Å². The van der Waals surface area contributed by atoms with Crippen LogP contribution in [-0.4, -0.2) is 17.4 Å². The number of furan rings is 1. The van der Waals surface area contributed by atoms with Gasteiger partial charge in [0.05, 0.1) is 17.9 Å². The van der Waals surface area contributed by atoms with Crippen LogP contribution < -0.4 is 0 Å². The van der Waals surface area contributed by atoms with E-state index in [0.29, 0.717) is 10.2 Å². The normalized spacial score (nSPS) is 18.8. The summed E-state index contributed by atoms with van der Waals surface area (Å²) < 4.78 is 5.65. The molecule has 0 spiro atoms. The zero-order chi connectivity index (χ0) is 12.7. The SMILES string of the molecule is CC1c2ccsc2CCN1C(=O)c1ccoc1Br. The summed E-state index contributed by atoms with van der Waals surface area (Å²) in [7, 11) is 0. The fraction of sp³-hybridized carbons (Fsp3) is 0.308. The van der Waals surface area contributed by atoms with Gasteiger partial charge in [0.15, 0.2) is 4.67 Å². The highest BCUT2D eigenvalue weighted by molar-refractivity contribution is 9.10. The molecule has 5 heteroatoms. The Bertz CT molecular complexity index is 589. The summed E-state index contributed by atoms with van der Waals surface area (Å²) in [5, 5.41) is 2.10. The molecule has 1 amide bonds. The first-order chi connectivity index (χ1) is 8.68. The van der Waals surface area contributed by atoms with E-state index in [-0.39, 0.29) is 11.9 Å². The molecule has 0 radical (unpaired) electrons. The van der Waals surface area contributed by atoms with Crippen LogP contribution in [0.15, 0.2) is 32.9 Å². The Hall–Kier alpha value is -1.07. The van der Waals surface area contributed by atoms with Crippen molar-refractivity contribution in [1.82, 2.24) is 4.90 Å². The maximum absolute atomic E-state index is 12.5. The standard InChI is InChI=1S/C13H12BrNO2S/c1-8-9-4-7-18-11(9)2-5-15(8)13(16)10-3-6-17-12(10)14/h3-4,6-8H,2,5H2,1H3. The van der Waals surface area contributed by atoms with Crippen LogP contribution in [0.3, 0.4) is 0 Å². The first-order valence-corrected chi connectivity index (χ1v) is 7.46. The first-order valence-electron chi connectivity index (χ1n) is 5.78.